The Hall–Kier alpha value is -1.24. The van der Waals surface area contributed by atoms with E-state index in [1.54, 1.807) is 30.3 Å². The second-order valence-electron chi connectivity index (χ2n) is 5.35. The Labute approximate surface area is 133 Å². The maximum absolute atomic E-state index is 11.7. The topological polar surface area (TPSA) is 49.3 Å². The molecule has 0 unspecified atom stereocenters. The normalized spacial score (nSPS) is 11.4. The minimum Gasteiger partial charge on any atom is -0.348 e. The van der Waals surface area contributed by atoms with Crippen LogP contribution in [-0.2, 0) is 11.3 Å². The molecule has 0 atom stereocenters. The van der Waals surface area contributed by atoms with Crippen LogP contribution in [0.1, 0.15) is 16.3 Å². The Morgan fingerprint density at radius 3 is 2.52 bits per heavy atom. The zero-order valence-corrected chi connectivity index (χ0v) is 14.5. The molecule has 0 aliphatic carbocycles. The van der Waals surface area contributed by atoms with Crippen molar-refractivity contribution in [2.24, 2.45) is 0 Å². The molecular weight excluding hydrogens is 308 g/mol. The number of fused-ring (bicyclic) bond motifs is 1. The summed E-state index contributed by atoms with van der Waals surface area (Å²) in [6.07, 6.45) is 0. The van der Waals surface area contributed by atoms with E-state index in [2.05, 4.69) is 16.9 Å². The molecule has 114 valence electrons. The second kappa shape index (κ2) is 6.25. The number of rotatable bonds is 4. The van der Waals surface area contributed by atoms with Gasteiger partial charge in [0.25, 0.3) is 0 Å². The molecule has 7 heteroatoms. The molecule has 0 aliphatic heterocycles. The fraction of sp³-hybridized carbons (Fsp3) is 0.500. The summed E-state index contributed by atoms with van der Waals surface area (Å²) < 4.78 is 0. The summed E-state index contributed by atoms with van der Waals surface area (Å²) in [5.41, 5.74) is 1.14. The SMILES string of the molecule is Cc1sc2nc(CN(C)CC(=O)N(C)C)nc(Cl)c2c1C. The number of aryl methyl sites for hydroxylation is 2. The molecule has 2 aromatic heterocycles. The Morgan fingerprint density at radius 1 is 1.24 bits per heavy atom. The first-order chi connectivity index (χ1) is 9.79. The number of carbonyl (C=O) groups is 1. The average molecular weight is 327 g/mol. The van der Waals surface area contributed by atoms with Crippen LogP contribution in [0.2, 0.25) is 5.15 Å². The smallest absolute Gasteiger partial charge is 0.236 e. The van der Waals surface area contributed by atoms with Gasteiger partial charge in [-0.3, -0.25) is 9.69 Å². The molecule has 0 bridgehead atoms. The van der Waals surface area contributed by atoms with Crippen molar-refractivity contribution in [1.29, 1.82) is 0 Å². The van der Waals surface area contributed by atoms with Crippen LogP contribution in [0, 0.1) is 13.8 Å². The highest BCUT2D eigenvalue weighted by Crippen LogP contribution is 2.32. The molecule has 0 spiro atoms. The van der Waals surface area contributed by atoms with Crippen molar-refractivity contribution in [2.45, 2.75) is 20.4 Å². The summed E-state index contributed by atoms with van der Waals surface area (Å²) in [4.78, 5) is 26.2. The predicted molar refractivity (Wildman–Crippen MR) is 86.9 cm³/mol. The Balaban J connectivity index is 2.21. The van der Waals surface area contributed by atoms with E-state index in [1.807, 2.05) is 18.9 Å². The first kappa shape index (κ1) is 16.1. The fourth-order valence-electron chi connectivity index (χ4n) is 1.98. The number of aromatic nitrogens is 2. The first-order valence-electron chi connectivity index (χ1n) is 6.60. The summed E-state index contributed by atoms with van der Waals surface area (Å²) in [6.45, 7) is 4.91. The van der Waals surface area contributed by atoms with Gasteiger partial charge in [0, 0.05) is 19.0 Å². The molecular formula is C14H19ClN4OS. The van der Waals surface area contributed by atoms with Crippen molar-refractivity contribution in [3.8, 4) is 0 Å². The molecule has 2 heterocycles. The minimum absolute atomic E-state index is 0.0486. The van der Waals surface area contributed by atoms with Gasteiger partial charge in [0.05, 0.1) is 18.5 Å². The van der Waals surface area contributed by atoms with Crippen LogP contribution in [0.15, 0.2) is 0 Å². The van der Waals surface area contributed by atoms with Gasteiger partial charge in [0.1, 0.15) is 15.8 Å². The number of amides is 1. The molecule has 5 nitrogen and oxygen atoms in total. The lowest BCUT2D eigenvalue weighted by molar-refractivity contribution is -0.129. The zero-order valence-electron chi connectivity index (χ0n) is 12.9. The Morgan fingerprint density at radius 2 is 1.90 bits per heavy atom. The van der Waals surface area contributed by atoms with Gasteiger partial charge in [-0.15, -0.1) is 11.3 Å². The number of thiophene rings is 1. The largest absolute Gasteiger partial charge is 0.348 e. The van der Waals surface area contributed by atoms with Crippen LogP contribution < -0.4 is 0 Å². The summed E-state index contributed by atoms with van der Waals surface area (Å²) in [6, 6.07) is 0. The van der Waals surface area contributed by atoms with Gasteiger partial charge in [-0.1, -0.05) is 11.6 Å². The molecule has 1 amide bonds. The van der Waals surface area contributed by atoms with Gasteiger partial charge in [-0.05, 0) is 26.5 Å². The highest BCUT2D eigenvalue weighted by atomic mass is 35.5. The van der Waals surface area contributed by atoms with E-state index < -0.39 is 0 Å². The van der Waals surface area contributed by atoms with Crippen molar-refractivity contribution < 1.29 is 4.79 Å². The molecule has 0 fully saturated rings. The number of likely N-dealkylation sites (N-methyl/N-ethyl adjacent to an activating group) is 2. The highest BCUT2D eigenvalue weighted by molar-refractivity contribution is 7.18. The standard InChI is InChI=1S/C14H19ClN4OS/c1-8-9(2)21-14-12(8)13(15)16-10(17-14)6-19(5)7-11(20)18(3)4/h6-7H2,1-5H3. The van der Waals surface area contributed by atoms with Crippen LogP contribution in [0.25, 0.3) is 10.2 Å². The van der Waals surface area contributed by atoms with Crippen LogP contribution in [-0.4, -0.2) is 53.4 Å². The van der Waals surface area contributed by atoms with E-state index in [9.17, 15) is 4.79 Å². The number of carbonyl (C=O) groups excluding carboxylic acids is 1. The van der Waals surface area contributed by atoms with E-state index in [1.165, 1.54) is 4.88 Å². The van der Waals surface area contributed by atoms with Gasteiger partial charge in [-0.2, -0.15) is 0 Å². The zero-order chi connectivity index (χ0) is 15.7. The molecule has 0 aliphatic rings. The van der Waals surface area contributed by atoms with Gasteiger partial charge < -0.3 is 4.90 Å². The third-order valence-corrected chi connectivity index (χ3v) is 4.72. The highest BCUT2D eigenvalue weighted by Gasteiger charge is 2.15. The Bertz CT molecular complexity index is 683. The molecule has 0 saturated carbocycles. The van der Waals surface area contributed by atoms with Crippen molar-refractivity contribution in [2.75, 3.05) is 27.7 Å². The quantitative estimate of drug-likeness (QED) is 0.810. The number of hydrogen-bond donors (Lipinski definition) is 0. The van der Waals surface area contributed by atoms with Crippen LogP contribution >= 0.6 is 22.9 Å². The summed E-state index contributed by atoms with van der Waals surface area (Å²) in [5, 5.41) is 1.43. The third kappa shape index (κ3) is 3.51. The van der Waals surface area contributed by atoms with Gasteiger partial charge >= 0.3 is 0 Å². The maximum atomic E-state index is 11.7. The van der Waals surface area contributed by atoms with Crippen LogP contribution in [0.3, 0.4) is 0 Å². The summed E-state index contributed by atoms with van der Waals surface area (Å²) >= 11 is 7.91. The van der Waals surface area contributed by atoms with E-state index in [4.69, 9.17) is 11.6 Å². The van der Waals surface area contributed by atoms with Gasteiger partial charge in [-0.25, -0.2) is 9.97 Å². The van der Waals surface area contributed by atoms with Crippen LogP contribution in [0.5, 0.6) is 0 Å². The number of halogens is 1. The predicted octanol–water partition coefficient (Wildman–Crippen LogP) is 2.48. The molecule has 0 radical (unpaired) electrons. The monoisotopic (exact) mass is 326 g/mol. The second-order valence-corrected chi connectivity index (χ2v) is 6.92. The maximum Gasteiger partial charge on any atom is 0.236 e. The van der Waals surface area contributed by atoms with Gasteiger partial charge in [0.15, 0.2) is 0 Å². The van der Waals surface area contributed by atoms with E-state index >= 15 is 0 Å². The van der Waals surface area contributed by atoms with Crippen LogP contribution in [0.4, 0.5) is 0 Å². The first-order valence-corrected chi connectivity index (χ1v) is 7.80. The molecule has 0 saturated heterocycles. The molecule has 21 heavy (non-hydrogen) atoms. The van der Waals surface area contributed by atoms with Gasteiger partial charge in [0.2, 0.25) is 5.91 Å². The average Bonchev–Trinajstić information content (AvgIpc) is 2.64. The summed E-state index contributed by atoms with van der Waals surface area (Å²) in [5.74, 6) is 0.690. The number of nitrogens with zero attached hydrogens (tertiary/aromatic N) is 4. The fourth-order valence-corrected chi connectivity index (χ4v) is 3.42. The van der Waals surface area contributed by atoms with Crippen molar-refractivity contribution in [3.63, 3.8) is 0 Å². The van der Waals surface area contributed by atoms with Crippen molar-refractivity contribution in [1.82, 2.24) is 19.8 Å². The van der Waals surface area contributed by atoms with E-state index in [-0.39, 0.29) is 5.91 Å². The molecule has 0 N–H and O–H groups in total. The lowest BCUT2D eigenvalue weighted by Gasteiger charge is -2.18. The lowest BCUT2D eigenvalue weighted by Crippen LogP contribution is -2.34. The van der Waals surface area contributed by atoms with Crippen molar-refractivity contribution >= 4 is 39.1 Å². The minimum atomic E-state index is 0.0486. The van der Waals surface area contributed by atoms with E-state index in [0.29, 0.717) is 24.1 Å². The Kier molecular flexibility index (Phi) is 4.81. The molecule has 2 rings (SSSR count). The molecule has 2 aromatic rings. The number of hydrogen-bond acceptors (Lipinski definition) is 5. The third-order valence-electron chi connectivity index (χ3n) is 3.35. The van der Waals surface area contributed by atoms with E-state index in [0.717, 1.165) is 15.8 Å². The van der Waals surface area contributed by atoms with Crippen molar-refractivity contribution in [3.05, 3.63) is 21.4 Å². The molecule has 0 aromatic carbocycles. The summed E-state index contributed by atoms with van der Waals surface area (Å²) in [7, 11) is 5.35. The lowest BCUT2D eigenvalue weighted by atomic mass is 10.2.